The second kappa shape index (κ2) is 9.16. The average Bonchev–Trinajstić information content (AvgIpc) is 2.84. The molecule has 4 nitrogen and oxygen atoms in total. The molecule has 1 aliphatic heterocycles. The van der Waals surface area contributed by atoms with Crippen LogP contribution in [0.15, 0.2) is 73.1 Å². The Morgan fingerprint density at radius 1 is 0.912 bits per heavy atom. The standard InChI is InChI=1S/C26H20ClF3N4/c27-22-7-5-18(6-8-22)25-32-14-20-16-34(11-10-24(20)33-25)15-17-4-9-23(31-13-17)19-2-1-3-21(12-19)26(28,29)30/h1-9,12-14H,10-11,15-16H2. The van der Waals surface area contributed by atoms with Gasteiger partial charge < -0.3 is 0 Å². The van der Waals surface area contributed by atoms with E-state index in [0.717, 1.165) is 54.0 Å². The molecule has 0 saturated carbocycles. The summed E-state index contributed by atoms with van der Waals surface area (Å²) in [5.41, 5.74) is 4.36. The maximum atomic E-state index is 13.0. The maximum absolute atomic E-state index is 13.0. The summed E-state index contributed by atoms with van der Waals surface area (Å²) in [5, 5.41) is 0.676. The van der Waals surface area contributed by atoms with Gasteiger partial charge in [-0.3, -0.25) is 9.88 Å². The highest BCUT2D eigenvalue weighted by Crippen LogP contribution is 2.32. The molecule has 0 radical (unpaired) electrons. The van der Waals surface area contributed by atoms with Crippen LogP contribution in [0.4, 0.5) is 13.2 Å². The van der Waals surface area contributed by atoms with Gasteiger partial charge in [-0.15, -0.1) is 0 Å². The molecule has 0 aliphatic carbocycles. The van der Waals surface area contributed by atoms with Crippen molar-refractivity contribution in [2.24, 2.45) is 0 Å². The van der Waals surface area contributed by atoms with Crippen molar-refractivity contribution in [3.05, 3.63) is 100 Å². The molecule has 0 atom stereocenters. The van der Waals surface area contributed by atoms with Gasteiger partial charge in [-0.1, -0.05) is 29.8 Å². The van der Waals surface area contributed by atoms with Crippen LogP contribution < -0.4 is 0 Å². The van der Waals surface area contributed by atoms with E-state index in [0.29, 0.717) is 28.6 Å². The van der Waals surface area contributed by atoms with Crippen molar-refractivity contribution >= 4 is 11.6 Å². The van der Waals surface area contributed by atoms with E-state index in [2.05, 4.69) is 14.9 Å². The van der Waals surface area contributed by atoms with Crippen LogP contribution in [0.25, 0.3) is 22.6 Å². The van der Waals surface area contributed by atoms with Gasteiger partial charge in [0.15, 0.2) is 5.82 Å². The second-order valence-electron chi connectivity index (χ2n) is 8.26. The highest BCUT2D eigenvalue weighted by molar-refractivity contribution is 6.30. The summed E-state index contributed by atoms with van der Waals surface area (Å²) in [6.45, 7) is 2.26. The topological polar surface area (TPSA) is 41.9 Å². The van der Waals surface area contributed by atoms with Crippen molar-refractivity contribution in [1.29, 1.82) is 0 Å². The van der Waals surface area contributed by atoms with E-state index in [9.17, 15) is 13.2 Å². The summed E-state index contributed by atoms with van der Waals surface area (Å²) in [4.78, 5) is 16.0. The third kappa shape index (κ3) is 4.95. The number of pyridine rings is 1. The number of halogens is 4. The Morgan fingerprint density at radius 2 is 1.74 bits per heavy atom. The molecule has 0 bridgehead atoms. The first kappa shape index (κ1) is 22.5. The Kier molecular flexibility index (Phi) is 6.06. The summed E-state index contributed by atoms with van der Waals surface area (Å²) in [7, 11) is 0. The van der Waals surface area contributed by atoms with Crippen molar-refractivity contribution in [1.82, 2.24) is 19.9 Å². The first-order chi connectivity index (χ1) is 16.3. The van der Waals surface area contributed by atoms with E-state index in [1.165, 1.54) is 6.07 Å². The first-order valence-electron chi connectivity index (χ1n) is 10.8. The Balaban J connectivity index is 1.26. The summed E-state index contributed by atoms with van der Waals surface area (Å²) in [6, 6.07) is 16.4. The highest BCUT2D eigenvalue weighted by atomic mass is 35.5. The number of fused-ring (bicyclic) bond motifs is 1. The molecule has 2 aromatic heterocycles. The molecule has 0 amide bonds. The lowest BCUT2D eigenvalue weighted by molar-refractivity contribution is -0.137. The molecule has 172 valence electrons. The lowest BCUT2D eigenvalue weighted by atomic mass is 10.0. The maximum Gasteiger partial charge on any atom is 0.416 e. The van der Waals surface area contributed by atoms with Crippen molar-refractivity contribution in [2.45, 2.75) is 25.7 Å². The fraction of sp³-hybridized carbons (Fsp3) is 0.192. The van der Waals surface area contributed by atoms with Crippen LogP contribution in [-0.4, -0.2) is 26.4 Å². The average molecular weight is 481 g/mol. The predicted octanol–water partition coefficient (Wildman–Crippen LogP) is 6.44. The van der Waals surface area contributed by atoms with Crippen LogP contribution in [0.1, 0.15) is 22.4 Å². The molecule has 8 heteroatoms. The predicted molar refractivity (Wildman–Crippen MR) is 125 cm³/mol. The lowest BCUT2D eigenvalue weighted by Gasteiger charge is -2.28. The molecular weight excluding hydrogens is 461 g/mol. The van der Waals surface area contributed by atoms with Crippen LogP contribution in [-0.2, 0) is 25.7 Å². The molecule has 0 saturated heterocycles. The zero-order chi connectivity index (χ0) is 23.7. The largest absolute Gasteiger partial charge is 0.416 e. The number of hydrogen-bond donors (Lipinski definition) is 0. The van der Waals surface area contributed by atoms with Gasteiger partial charge in [-0.2, -0.15) is 13.2 Å². The van der Waals surface area contributed by atoms with Gasteiger partial charge in [-0.05, 0) is 48.0 Å². The molecule has 0 unspecified atom stereocenters. The number of alkyl halides is 3. The van der Waals surface area contributed by atoms with E-state index in [1.54, 1.807) is 18.3 Å². The van der Waals surface area contributed by atoms with E-state index >= 15 is 0 Å². The SMILES string of the molecule is FC(F)(F)c1cccc(-c2ccc(CN3CCc4nc(-c5ccc(Cl)cc5)ncc4C3)cn2)c1. The summed E-state index contributed by atoms with van der Waals surface area (Å²) >= 11 is 5.97. The second-order valence-corrected chi connectivity index (χ2v) is 8.70. The van der Waals surface area contributed by atoms with Crippen molar-refractivity contribution in [3.8, 4) is 22.6 Å². The molecule has 4 aromatic rings. The highest BCUT2D eigenvalue weighted by Gasteiger charge is 2.30. The van der Waals surface area contributed by atoms with E-state index in [1.807, 2.05) is 36.5 Å². The molecule has 34 heavy (non-hydrogen) atoms. The third-order valence-corrected chi connectivity index (χ3v) is 6.08. The van der Waals surface area contributed by atoms with Crippen LogP contribution in [0.5, 0.6) is 0 Å². The smallest absolute Gasteiger partial charge is 0.294 e. The molecule has 0 spiro atoms. The number of nitrogens with zero attached hydrogens (tertiary/aromatic N) is 4. The quantitative estimate of drug-likeness (QED) is 0.337. The van der Waals surface area contributed by atoms with Crippen molar-refractivity contribution in [3.63, 3.8) is 0 Å². The summed E-state index contributed by atoms with van der Waals surface area (Å²) in [6.07, 6.45) is 0.0483. The molecule has 5 rings (SSSR count). The summed E-state index contributed by atoms with van der Waals surface area (Å²) < 4.78 is 39.0. The Hall–Kier alpha value is -3.29. The van der Waals surface area contributed by atoms with Gasteiger partial charge in [-0.25, -0.2) is 9.97 Å². The molecule has 0 N–H and O–H groups in total. The monoisotopic (exact) mass is 480 g/mol. The zero-order valence-corrected chi connectivity index (χ0v) is 18.8. The van der Waals surface area contributed by atoms with Crippen LogP contribution in [0.3, 0.4) is 0 Å². The zero-order valence-electron chi connectivity index (χ0n) is 18.1. The van der Waals surface area contributed by atoms with Gasteiger partial charge in [0.2, 0.25) is 0 Å². The lowest BCUT2D eigenvalue weighted by Crippen LogP contribution is -2.31. The van der Waals surface area contributed by atoms with Gasteiger partial charge in [0.1, 0.15) is 0 Å². The third-order valence-electron chi connectivity index (χ3n) is 5.83. The minimum atomic E-state index is -4.38. The van der Waals surface area contributed by atoms with Gasteiger partial charge in [0.05, 0.1) is 17.0 Å². The number of hydrogen-bond acceptors (Lipinski definition) is 4. The van der Waals surface area contributed by atoms with E-state index in [-0.39, 0.29) is 0 Å². The number of benzene rings is 2. The Bertz CT molecular complexity index is 1310. The minimum absolute atomic E-state index is 0.446. The van der Waals surface area contributed by atoms with Gasteiger partial charge in [0.25, 0.3) is 0 Å². The van der Waals surface area contributed by atoms with E-state index < -0.39 is 11.7 Å². The van der Waals surface area contributed by atoms with E-state index in [4.69, 9.17) is 16.6 Å². The fourth-order valence-electron chi connectivity index (χ4n) is 4.05. The fourth-order valence-corrected chi connectivity index (χ4v) is 4.18. The van der Waals surface area contributed by atoms with Crippen LogP contribution in [0, 0.1) is 0 Å². The molecular formula is C26H20ClF3N4. The molecule has 1 aliphatic rings. The van der Waals surface area contributed by atoms with Crippen LogP contribution in [0.2, 0.25) is 5.02 Å². The molecule has 2 aromatic carbocycles. The van der Waals surface area contributed by atoms with Crippen molar-refractivity contribution < 1.29 is 13.2 Å². The van der Waals surface area contributed by atoms with Gasteiger partial charge >= 0.3 is 6.18 Å². The molecule has 3 heterocycles. The number of aromatic nitrogens is 3. The summed E-state index contributed by atoms with van der Waals surface area (Å²) in [5.74, 6) is 0.693. The van der Waals surface area contributed by atoms with Crippen molar-refractivity contribution in [2.75, 3.05) is 6.54 Å². The minimum Gasteiger partial charge on any atom is -0.294 e. The number of rotatable bonds is 4. The Labute approximate surface area is 200 Å². The Morgan fingerprint density at radius 3 is 2.47 bits per heavy atom. The normalized spacial score (nSPS) is 14.1. The molecule has 0 fully saturated rings. The first-order valence-corrected chi connectivity index (χ1v) is 11.2. The van der Waals surface area contributed by atoms with Gasteiger partial charge in [0, 0.05) is 60.2 Å². The van der Waals surface area contributed by atoms with Crippen LogP contribution >= 0.6 is 11.6 Å².